The van der Waals surface area contributed by atoms with Crippen molar-refractivity contribution in [3.63, 3.8) is 0 Å². The molecule has 1 aliphatic heterocycles. The molecule has 1 rings (SSSR count). The average molecular weight is 344 g/mol. The summed E-state index contributed by atoms with van der Waals surface area (Å²) in [5.41, 5.74) is -1.30. The summed E-state index contributed by atoms with van der Waals surface area (Å²) in [6.07, 6.45) is 0.818. The van der Waals surface area contributed by atoms with E-state index in [9.17, 15) is 4.79 Å². The van der Waals surface area contributed by atoms with Gasteiger partial charge in [-0.3, -0.25) is 0 Å². The SMILES string of the molecule is COC(=O)[C@@]1(C)OC(C)(C)[C@H](Br)C[C@@H]1Br. The monoisotopic (exact) mass is 342 g/mol. The van der Waals surface area contributed by atoms with Crippen LogP contribution in [0.1, 0.15) is 27.2 Å². The van der Waals surface area contributed by atoms with Crippen molar-refractivity contribution in [1.29, 1.82) is 0 Å². The molecule has 1 fully saturated rings. The van der Waals surface area contributed by atoms with Gasteiger partial charge in [0.25, 0.3) is 0 Å². The number of hydrogen-bond donors (Lipinski definition) is 0. The van der Waals surface area contributed by atoms with Gasteiger partial charge >= 0.3 is 5.97 Å². The topological polar surface area (TPSA) is 35.5 Å². The second kappa shape index (κ2) is 4.34. The van der Waals surface area contributed by atoms with E-state index in [0.29, 0.717) is 0 Å². The molecule has 3 nitrogen and oxygen atoms in total. The van der Waals surface area contributed by atoms with E-state index in [1.165, 1.54) is 7.11 Å². The third-order valence-corrected chi connectivity index (χ3v) is 5.56. The van der Waals surface area contributed by atoms with Gasteiger partial charge in [-0.2, -0.15) is 0 Å². The summed E-state index contributed by atoms with van der Waals surface area (Å²) in [6, 6.07) is 0. The molecule has 0 aromatic heterocycles. The minimum atomic E-state index is -0.914. The molecule has 0 aliphatic carbocycles. The number of carbonyl (C=O) groups is 1. The Bertz CT molecular complexity index is 267. The first-order valence-corrected chi connectivity index (χ1v) is 6.64. The lowest BCUT2D eigenvalue weighted by molar-refractivity contribution is -0.195. The number of hydrogen-bond acceptors (Lipinski definition) is 3. The molecule has 0 bridgehead atoms. The van der Waals surface area contributed by atoms with Gasteiger partial charge in [0.2, 0.25) is 0 Å². The van der Waals surface area contributed by atoms with Crippen molar-refractivity contribution in [2.45, 2.75) is 48.0 Å². The smallest absolute Gasteiger partial charge is 0.339 e. The fourth-order valence-electron chi connectivity index (χ4n) is 1.74. The first-order chi connectivity index (χ1) is 6.74. The van der Waals surface area contributed by atoms with Gasteiger partial charge in [-0.25, -0.2) is 4.79 Å². The first-order valence-electron chi connectivity index (χ1n) is 4.81. The lowest BCUT2D eigenvalue weighted by atomic mass is 9.87. The molecule has 0 radical (unpaired) electrons. The summed E-state index contributed by atoms with van der Waals surface area (Å²) >= 11 is 7.05. The quantitative estimate of drug-likeness (QED) is 0.542. The molecule has 0 aromatic rings. The summed E-state index contributed by atoms with van der Waals surface area (Å²) in [7, 11) is 1.38. The summed E-state index contributed by atoms with van der Waals surface area (Å²) in [5.74, 6) is -0.336. The van der Waals surface area contributed by atoms with Crippen LogP contribution in [0.2, 0.25) is 0 Å². The maximum absolute atomic E-state index is 11.7. The van der Waals surface area contributed by atoms with Crippen LogP contribution in [0.5, 0.6) is 0 Å². The van der Waals surface area contributed by atoms with Crippen LogP contribution < -0.4 is 0 Å². The number of carbonyl (C=O) groups excluding carboxylic acids is 1. The van der Waals surface area contributed by atoms with Crippen molar-refractivity contribution in [2.24, 2.45) is 0 Å². The van der Waals surface area contributed by atoms with Crippen molar-refractivity contribution in [1.82, 2.24) is 0 Å². The zero-order valence-electron chi connectivity index (χ0n) is 9.34. The summed E-state index contributed by atoms with van der Waals surface area (Å²) in [6.45, 7) is 5.69. The van der Waals surface area contributed by atoms with E-state index >= 15 is 0 Å². The highest BCUT2D eigenvalue weighted by Gasteiger charge is 2.53. The molecule has 0 amide bonds. The van der Waals surface area contributed by atoms with E-state index in [-0.39, 0.29) is 21.2 Å². The Morgan fingerprint density at radius 2 is 1.87 bits per heavy atom. The zero-order valence-corrected chi connectivity index (χ0v) is 12.5. The second-order valence-electron chi connectivity index (χ2n) is 4.47. The van der Waals surface area contributed by atoms with Gasteiger partial charge in [0.05, 0.1) is 17.5 Å². The molecule has 0 unspecified atom stereocenters. The lowest BCUT2D eigenvalue weighted by Gasteiger charge is -2.47. The Balaban J connectivity index is 2.95. The van der Waals surface area contributed by atoms with E-state index in [0.717, 1.165) is 6.42 Å². The predicted molar refractivity (Wildman–Crippen MR) is 65.6 cm³/mol. The van der Waals surface area contributed by atoms with Crippen LogP contribution in [-0.2, 0) is 14.3 Å². The molecule has 3 atom stereocenters. The van der Waals surface area contributed by atoms with Crippen molar-refractivity contribution in [3.05, 3.63) is 0 Å². The summed E-state index contributed by atoms with van der Waals surface area (Å²) in [5, 5.41) is 0. The molecule has 0 N–H and O–H groups in total. The van der Waals surface area contributed by atoms with Gasteiger partial charge in [-0.05, 0) is 27.2 Å². The van der Waals surface area contributed by atoms with Crippen LogP contribution in [0.25, 0.3) is 0 Å². The molecule has 15 heavy (non-hydrogen) atoms. The Morgan fingerprint density at radius 1 is 1.33 bits per heavy atom. The molecule has 1 saturated heterocycles. The van der Waals surface area contributed by atoms with Gasteiger partial charge in [-0.15, -0.1) is 0 Å². The fraction of sp³-hybridized carbons (Fsp3) is 0.900. The van der Waals surface area contributed by atoms with Gasteiger partial charge in [0.15, 0.2) is 5.60 Å². The molecular weight excluding hydrogens is 328 g/mol. The second-order valence-corrected chi connectivity index (χ2v) is 6.69. The van der Waals surface area contributed by atoms with Crippen LogP contribution in [0.4, 0.5) is 0 Å². The average Bonchev–Trinajstić information content (AvgIpc) is 2.13. The van der Waals surface area contributed by atoms with E-state index in [4.69, 9.17) is 9.47 Å². The minimum Gasteiger partial charge on any atom is -0.467 e. The zero-order chi connectivity index (χ0) is 11.9. The van der Waals surface area contributed by atoms with E-state index in [1.807, 2.05) is 13.8 Å². The number of esters is 1. The first kappa shape index (κ1) is 13.5. The third kappa shape index (κ3) is 2.39. The molecular formula is C10H16Br2O3. The molecule has 0 aromatic carbocycles. The number of ether oxygens (including phenoxy) is 2. The molecule has 0 spiro atoms. The minimum absolute atomic E-state index is 0.0464. The van der Waals surface area contributed by atoms with Crippen LogP contribution >= 0.6 is 31.9 Å². The third-order valence-electron chi connectivity index (χ3n) is 2.83. The molecule has 1 heterocycles. The molecule has 1 aliphatic rings. The fourth-order valence-corrected chi connectivity index (χ4v) is 3.36. The standard InChI is InChI=1S/C10H16Br2O3/c1-9(2)6(11)5-7(12)10(3,15-9)8(13)14-4/h6-7H,5H2,1-4H3/t6-,7+,10+/m1/s1. The summed E-state index contributed by atoms with van der Waals surface area (Å²) in [4.78, 5) is 11.9. The summed E-state index contributed by atoms with van der Waals surface area (Å²) < 4.78 is 10.7. The van der Waals surface area contributed by atoms with Crippen LogP contribution in [0.3, 0.4) is 0 Å². The van der Waals surface area contributed by atoms with Gasteiger partial charge in [0, 0.05) is 4.83 Å². The predicted octanol–water partition coefficient (Wildman–Crippen LogP) is 2.64. The highest BCUT2D eigenvalue weighted by molar-refractivity contribution is 9.10. The van der Waals surface area contributed by atoms with E-state index in [1.54, 1.807) is 6.92 Å². The highest BCUT2D eigenvalue weighted by atomic mass is 79.9. The Labute approximate surface area is 107 Å². The Morgan fingerprint density at radius 3 is 2.33 bits per heavy atom. The lowest BCUT2D eigenvalue weighted by Crippen LogP contribution is -2.59. The van der Waals surface area contributed by atoms with Crippen LogP contribution in [0.15, 0.2) is 0 Å². The molecule has 0 saturated carbocycles. The Kier molecular flexibility index (Phi) is 3.89. The van der Waals surface area contributed by atoms with Crippen LogP contribution in [0, 0.1) is 0 Å². The van der Waals surface area contributed by atoms with Gasteiger partial charge in [-0.1, -0.05) is 31.9 Å². The largest absolute Gasteiger partial charge is 0.467 e. The van der Waals surface area contributed by atoms with E-state index < -0.39 is 5.60 Å². The van der Waals surface area contributed by atoms with Crippen molar-refractivity contribution in [2.75, 3.05) is 7.11 Å². The van der Waals surface area contributed by atoms with E-state index in [2.05, 4.69) is 31.9 Å². The maximum atomic E-state index is 11.7. The van der Waals surface area contributed by atoms with Crippen molar-refractivity contribution < 1.29 is 14.3 Å². The number of methoxy groups -OCH3 is 1. The van der Waals surface area contributed by atoms with Gasteiger partial charge in [0.1, 0.15) is 0 Å². The maximum Gasteiger partial charge on any atom is 0.339 e. The van der Waals surface area contributed by atoms with Crippen molar-refractivity contribution >= 4 is 37.8 Å². The van der Waals surface area contributed by atoms with Gasteiger partial charge < -0.3 is 9.47 Å². The number of alkyl halides is 2. The highest BCUT2D eigenvalue weighted by Crippen LogP contribution is 2.42. The van der Waals surface area contributed by atoms with Crippen LogP contribution in [-0.4, -0.2) is 33.9 Å². The number of halogens is 2. The normalized spacial score (nSPS) is 39.9. The Hall–Kier alpha value is 0.390. The molecule has 88 valence electrons. The molecule has 5 heteroatoms. The van der Waals surface area contributed by atoms with Crippen molar-refractivity contribution in [3.8, 4) is 0 Å². The number of rotatable bonds is 1.